The molecule has 0 radical (unpaired) electrons. The van der Waals surface area contributed by atoms with Crippen LogP contribution < -0.4 is 0 Å². The molecule has 0 heterocycles. The van der Waals surface area contributed by atoms with Crippen LogP contribution in [0.15, 0.2) is 0 Å². The Hall–Kier alpha value is -0.860. The molecule has 3 heteroatoms. The number of Topliss-reactive ketones (excluding diaryl/α,β-unsaturated/α-hetero) is 1. The highest BCUT2D eigenvalue weighted by molar-refractivity contribution is 5.79. The minimum atomic E-state index is -0.137. The molecule has 1 fully saturated rings. The summed E-state index contributed by atoms with van der Waals surface area (Å²) in [5.74, 6) is 0.730. The number of ketones is 1. The minimum Gasteiger partial charge on any atom is -0.469 e. The zero-order valence-corrected chi connectivity index (χ0v) is 8.91. The van der Waals surface area contributed by atoms with Gasteiger partial charge in [0, 0.05) is 12.8 Å². The SMILES string of the molecule is COC(=O)[C@H](C)CC1CCC(=O)CC1. The second kappa shape index (κ2) is 5.13. The molecule has 1 rings (SSSR count). The van der Waals surface area contributed by atoms with Gasteiger partial charge in [0.1, 0.15) is 5.78 Å². The number of carbonyl (C=O) groups is 2. The van der Waals surface area contributed by atoms with E-state index in [1.54, 1.807) is 0 Å². The van der Waals surface area contributed by atoms with Crippen molar-refractivity contribution in [1.82, 2.24) is 0 Å². The lowest BCUT2D eigenvalue weighted by atomic mass is 9.83. The van der Waals surface area contributed by atoms with Gasteiger partial charge in [-0.05, 0) is 25.2 Å². The van der Waals surface area contributed by atoms with Crippen molar-refractivity contribution in [2.75, 3.05) is 7.11 Å². The molecule has 0 aromatic heterocycles. The Balaban J connectivity index is 2.30. The molecule has 0 amide bonds. The molecule has 0 bridgehead atoms. The normalized spacial score (nSPS) is 20.6. The first-order chi connectivity index (χ1) is 6.63. The van der Waals surface area contributed by atoms with Gasteiger partial charge < -0.3 is 4.74 Å². The summed E-state index contributed by atoms with van der Waals surface area (Å²) in [6.07, 6.45) is 4.14. The molecule has 0 aromatic rings. The van der Waals surface area contributed by atoms with Crippen molar-refractivity contribution < 1.29 is 14.3 Å². The van der Waals surface area contributed by atoms with Crippen molar-refractivity contribution in [3.05, 3.63) is 0 Å². The summed E-state index contributed by atoms with van der Waals surface area (Å²) in [6, 6.07) is 0. The fraction of sp³-hybridized carbons (Fsp3) is 0.818. The molecule has 0 spiro atoms. The molecule has 14 heavy (non-hydrogen) atoms. The summed E-state index contributed by atoms with van der Waals surface area (Å²) in [7, 11) is 1.42. The standard InChI is InChI=1S/C11H18O3/c1-8(11(13)14-2)7-9-3-5-10(12)6-4-9/h8-9H,3-7H2,1-2H3/t8-/m1/s1. The van der Waals surface area contributed by atoms with Gasteiger partial charge in [0.25, 0.3) is 0 Å². The van der Waals surface area contributed by atoms with Gasteiger partial charge in [0.05, 0.1) is 13.0 Å². The van der Waals surface area contributed by atoms with Crippen molar-refractivity contribution in [1.29, 1.82) is 0 Å². The lowest BCUT2D eigenvalue weighted by molar-refractivity contribution is -0.145. The van der Waals surface area contributed by atoms with Crippen LogP contribution in [0.4, 0.5) is 0 Å². The quantitative estimate of drug-likeness (QED) is 0.651. The van der Waals surface area contributed by atoms with Crippen LogP contribution >= 0.6 is 0 Å². The summed E-state index contributed by atoms with van der Waals surface area (Å²) in [5.41, 5.74) is 0. The maximum atomic E-state index is 11.2. The van der Waals surface area contributed by atoms with E-state index < -0.39 is 0 Å². The van der Waals surface area contributed by atoms with Crippen LogP contribution in [-0.2, 0) is 14.3 Å². The lowest BCUT2D eigenvalue weighted by Crippen LogP contribution is -2.20. The second-order valence-electron chi connectivity index (χ2n) is 4.14. The van der Waals surface area contributed by atoms with Gasteiger partial charge in [0.15, 0.2) is 0 Å². The average molecular weight is 198 g/mol. The molecule has 0 aromatic carbocycles. The molecule has 3 nitrogen and oxygen atoms in total. The van der Waals surface area contributed by atoms with Crippen molar-refractivity contribution >= 4 is 11.8 Å². The molecule has 80 valence electrons. The number of hydrogen-bond donors (Lipinski definition) is 0. The van der Waals surface area contributed by atoms with Gasteiger partial charge >= 0.3 is 5.97 Å². The number of hydrogen-bond acceptors (Lipinski definition) is 3. The van der Waals surface area contributed by atoms with Gasteiger partial charge in [-0.2, -0.15) is 0 Å². The van der Waals surface area contributed by atoms with Crippen LogP contribution in [0.2, 0.25) is 0 Å². The van der Waals surface area contributed by atoms with Crippen LogP contribution in [0.5, 0.6) is 0 Å². The van der Waals surface area contributed by atoms with Crippen LogP contribution in [0.3, 0.4) is 0 Å². The second-order valence-corrected chi connectivity index (χ2v) is 4.14. The van der Waals surface area contributed by atoms with Crippen LogP contribution in [-0.4, -0.2) is 18.9 Å². The summed E-state index contributed by atoms with van der Waals surface area (Å²) in [5, 5.41) is 0. The van der Waals surface area contributed by atoms with Crippen LogP contribution in [0.1, 0.15) is 39.0 Å². The van der Waals surface area contributed by atoms with E-state index in [0.29, 0.717) is 24.5 Å². The largest absolute Gasteiger partial charge is 0.469 e. The van der Waals surface area contributed by atoms with Crippen LogP contribution in [0, 0.1) is 11.8 Å². The fourth-order valence-corrected chi connectivity index (χ4v) is 2.03. The molecule has 0 saturated heterocycles. The third kappa shape index (κ3) is 3.13. The maximum Gasteiger partial charge on any atom is 0.308 e. The molecule has 1 aliphatic rings. The van der Waals surface area contributed by atoms with Gasteiger partial charge in [0.2, 0.25) is 0 Å². The number of ether oxygens (including phenoxy) is 1. The summed E-state index contributed by atoms with van der Waals surface area (Å²) in [4.78, 5) is 22.2. The molecule has 1 aliphatic carbocycles. The topological polar surface area (TPSA) is 43.4 Å². The Morgan fingerprint density at radius 3 is 2.57 bits per heavy atom. The minimum absolute atomic E-state index is 0.0294. The van der Waals surface area contributed by atoms with Crippen molar-refractivity contribution in [3.8, 4) is 0 Å². The van der Waals surface area contributed by atoms with Crippen molar-refractivity contribution in [2.24, 2.45) is 11.8 Å². The predicted molar refractivity (Wildman–Crippen MR) is 52.8 cm³/mol. The Morgan fingerprint density at radius 2 is 2.07 bits per heavy atom. The first kappa shape index (κ1) is 11.2. The summed E-state index contributed by atoms with van der Waals surface area (Å²) < 4.78 is 4.67. The Kier molecular flexibility index (Phi) is 4.11. The number of esters is 1. The number of methoxy groups -OCH3 is 1. The highest BCUT2D eigenvalue weighted by Gasteiger charge is 2.23. The lowest BCUT2D eigenvalue weighted by Gasteiger charge is -2.22. The Labute approximate surface area is 84.8 Å². The number of carbonyl (C=O) groups excluding carboxylic acids is 2. The fourth-order valence-electron chi connectivity index (χ4n) is 2.03. The third-order valence-corrected chi connectivity index (χ3v) is 2.95. The third-order valence-electron chi connectivity index (χ3n) is 2.95. The van der Waals surface area contributed by atoms with Crippen molar-refractivity contribution in [2.45, 2.75) is 39.0 Å². The van der Waals surface area contributed by atoms with E-state index in [2.05, 4.69) is 4.74 Å². The molecule has 0 N–H and O–H groups in total. The highest BCUT2D eigenvalue weighted by Crippen LogP contribution is 2.27. The van der Waals surface area contributed by atoms with Crippen LogP contribution in [0.25, 0.3) is 0 Å². The first-order valence-corrected chi connectivity index (χ1v) is 5.23. The zero-order chi connectivity index (χ0) is 10.6. The van der Waals surface area contributed by atoms with Gasteiger partial charge in [-0.25, -0.2) is 0 Å². The molecule has 1 atom stereocenters. The van der Waals surface area contributed by atoms with E-state index in [9.17, 15) is 9.59 Å². The van der Waals surface area contributed by atoms with E-state index in [1.165, 1.54) is 7.11 Å². The van der Waals surface area contributed by atoms with Gasteiger partial charge in [-0.1, -0.05) is 6.92 Å². The summed E-state index contributed by atoms with van der Waals surface area (Å²) >= 11 is 0. The highest BCUT2D eigenvalue weighted by atomic mass is 16.5. The summed E-state index contributed by atoms with van der Waals surface area (Å²) in [6.45, 7) is 1.89. The maximum absolute atomic E-state index is 11.2. The predicted octanol–water partition coefficient (Wildman–Crippen LogP) is 1.94. The van der Waals surface area contributed by atoms with E-state index in [0.717, 1.165) is 19.3 Å². The van der Waals surface area contributed by atoms with Gasteiger partial charge in [-0.15, -0.1) is 0 Å². The molecule has 0 unspecified atom stereocenters. The van der Waals surface area contributed by atoms with E-state index in [1.807, 2.05) is 6.92 Å². The van der Waals surface area contributed by atoms with E-state index >= 15 is 0 Å². The van der Waals surface area contributed by atoms with E-state index in [-0.39, 0.29) is 11.9 Å². The monoisotopic (exact) mass is 198 g/mol. The Bertz CT molecular complexity index is 213. The van der Waals surface area contributed by atoms with E-state index in [4.69, 9.17) is 0 Å². The molecule has 1 saturated carbocycles. The van der Waals surface area contributed by atoms with Crippen molar-refractivity contribution in [3.63, 3.8) is 0 Å². The molecular weight excluding hydrogens is 180 g/mol. The Morgan fingerprint density at radius 1 is 1.50 bits per heavy atom. The average Bonchev–Trinajstić information content (AvgIpc) is 2.20. The molecule has 0 aliphatic heterocycles. The number of rotatable bonds is 3. The smallest absolute Gasteiger partial charge is 0.308 e. The zero-order valence-electron chi connectivity index (χ0n) is 8.91. The first-order valence-electron chi connectivity index (χ1n) is 5.23. The molecular formula is C11H18O3. The van der Waals surface area contributed by atoms with Gasteiger partial charge in [-0.3, -0.25) is 9.59 Å².